The summed E-state index contributed by atoms with van der Waals surface area (Å²) in [4.78, 5) is 87.8. The second-order valence-electron chi connectivity index (χ2n) is 10.5. The Hall–Kier alpha value is -3.90. The lowest BCUT2D eigenvalue weighted by atomic mass is 9.88. The Kier molecular flexibility index (Phi) is 16.5. The quantitative estimate of drug-likeness (QED) is 0.154. The molecule has 1 heterocycles. The smallest absolute Gasteiger partial charge is 0.407 e. The van der Waals surface area contributed by atoms with Crippen molar-refractivity contribution >= 4 is 76.7 Å². The number of benzene rings is 1. The van der Waals surface area contributed by atoms with Crippen LogP contribution in [0.5, 0.6) is 0 Å². The number of hydrogen-bond acceptors (Lipinski definition) is 16. The zero-order valence-corrected chi connectivity index (χ0v) is 29.7. The van der Waals surface area contributed by atoms with Crippen LogP contribution >= 0.6 is 34.8 Å². The van der Waals surface area contributed by atoms with Gasteiger partial charge in [0, 0.05) is 27.7 Å². The SMILES string of the molecule is COC(=O)[C@@]1(OCC(=O)OCc2ccccc2)C[C@H](OC(C)=O)[C@@H](NC(=O)OCC(Cl)(Cl)Cl)[C@H]([C@H](OC(C)=O)[C@@H](COC(C)=O)OC(C)=O)O1. The van der Waals surface area contributed by atoms with Crippen LogP contribution in [0.4, 0.5) is 4.79 Å². The molecule has 0 saturated carbocycles. The van der Waals surface area contributed by atoms with Gasteiger partial charge in [0.2, 0.25) is 3.79 Å². The van der Waals surface area contributed by atoms with E-state index in [-0.39, 0.29) is 6.61 Å². The van der Waals surface area contributed by atoms with E-state index in [2.05, 4.69) is 5.32 Å². The highest BCUT2D eigenvalue weighted by molar-refractivity contribution is 6.67. The Morgan fingerprint density at radius 3 is 2.08 bits per heavy atom. The van der Waals surface area contributed by atoms with Crippen molar-refractivity contribution in [3.05, 3.63) is 35.9 Å². The van der Waals surface area contributed by atoms with Crippen LogP contribution in [0.3, 0.4) is 0 Å². The van der Waals surface area contributed by atoms with Gasteiger partial charge in [-0.3, -0.25) is 19.2 Å². The summed E-state index contributed by atoms with van der Waals surface area (Å²) >= 11 is 17.1. The number of esters is 6. The first-order valence-corrected chi connectivity index (χ1v) is 15.7. The molecule has 0 unspecified atom stereocenters. The number of carbonyl (C=O) groups excluding carboxylic acids is 7. The van der Waals surface area contributed by atoms with Crippen molar-refractivity contribution in [3.8, 4) is 0 Å². The summed E-state index contributed by atoms with van der Waals surface area (Å²) in [7, 11) is 0.949. The molecule has 0 aromatic heterocycles. The Bertz CT molecular complexity index is 1370. The molecule has 1 fully saturated rings. The summed E-state index contributed by atoms with van der Waals surface area (Å²) < 4.78 is 46.0. The number of halogens is 3. The molecule has 1 N–H and O–H groups in total. The second kappa shape index (κ2) is 19.5. The summed E-state index contributed by atoms with van der Waals surface area (Å²) in [6, 6.07) is 6.94. The van der Waals surface area contributed by atoms with Crippen LogP contribution < -0.4 is 5.32 Å². The summed E-state index contributed by atoms with van der Waals surface area (Å²) in [5.41, 5.74) is 0.636. The predicted octanol–water partition coefficient (Wildman–Crippen LogP) is 2.23. The van der Waals surface area contributed by atoms with Gasteiger partial charge in [-0.1, -0.05) is 65.1 Å². The van der Waals surface area contributed by atoms with Crippen LogP contribution in [-0.2, 0) is 78.0 Å². The van der Waals surface area contributed by atoms with Crippen molar-refractivity contribution < 1.29 is 76.2 Å². The van der Waals surface area contributed by atoms with Crippen LogP contribution in [-0.4, -0.2) is 109 Å². The third kappa shape index (κ3) is 14.1. The number of alkyl carbamates (subject to hydrolysis) is 1. The fraction of sp³-hybridized carbons (Fsp3) is 0.567. The molecule has 0 spiro atoms. The van der Waals surface area contributed by atoms with Crippen molar-refractivity contribution in [1.82, 2.24) is 5.32 Å². The van der Waals surface area contributed by atoms with Crippen LogP contribution in [0.25, 0.3) is 0 Å². The lowest BCUT2D eigenvalue weighted by Crippen LogP contribution is -2.69. The van der Waals surface area contributed by atoms with E-state index in [0.717, 1.165) is 34.8 Å². The van der Waals surface area contributed by atoms with Gasteiger partial charge in [0.25, 0.3) is 5.79 Å². The number of ether oxygens (including phenoxy) is 9. The van der Waals surface area contributed by atoms with E-state index in [1.807, 2.05) is 0 Å². The topological polar surface area (TPSA) is 215 Å². The van der Waals surface area contributed by atoms with E-state index in [0.29, 0.717) is 5.56 Å². The zero-order chi connectivity index (χ0) is 37.6. The summed E-state index contributed by atoms with van der Waals surface area (Å²) in [5.74, 6) is -8.64. The van der Waals surface area contributed by atoms with Crippen molar-refractivity contribution in [1.29, 1.82) is 0 Å². The number of hydrogen-bond donors (Lipinski definition) is 1. The molecule has 6 atom stereocenters. The molecule has 278 valence electrons. The Labute approximate surface area is 301 Å². The molecule has 17 nitrogen and oxygen atoms in total. The number of alkyl halides is 3. The largest absolute Gasteiger partial charge is 0.465 e. The molecular formula is C30H36Cl3NO16. The molecule has 1 aromatic carbocycles. The molecule has 1 aliphatic heterocycles. The van der Waals surface area contributed by atoms with E-state index < -0.39 is 108 Å². The highest BCUT2D eigenvalue weighted by Crippen LogP contribution is 2.37. The van der Waals surface area contributed by atoms with E-state index in [9.17, 15) is 33.6 Å². The number of nitrogens with one attached hydrogen (secondary N) is 1. The number of carbonyl (C=O) groups is 7. The van der Waals surface area contributed by atoms with Gasteiger partial charge in [0.1, 0.15) is 38.6 Å². The minimum absolute atomic E-state index is 0.162. The van der Waals surface area contributed by atoms with Gasteiger partial charge in [-0.05, 0) is 5.56 Å². The van der Waals surface area contributed by atoms with E-state index in [1.54, 1.807) is 30.3 Å². The third-order valence-corrected chi connectivity index (χ3v) is 6.77. The summed E-state index contributed by atoms with van der Waals surface area (Å²) in [6.45, 7) is 1.37. The van der Waals surface area contributed by atoms with E-state index in [1.165, 1.54) is 0 Å². The molecule has 1 aromatic rings. The normalized spacial score (nSPS) is 21.3. The maximum atomic E-state index is 13.4. The fourth-order valence-electron chi connectivity index (χ4n) is 4.59. The van der Waals surface area contributed by atoms with Gasteiger partial charge >= 0.3 is 41.9 Å². The van der Waals surface area contributed by atoms with Crippen LogP contribution in [0.15, 0.2) is 30.3 Å². The Morgan fingerprint density at radius 1 is 0.900 bits per heavy atom. The zero-order valence-electron chi connectivity index (χ0n) is 27.5. The Morgan fingerprint density at radius 2 is 1.54 bits per heavy atom. The molecule has 1 amide bonds. The lowest BCUT2D eigenvalue weighted by Gasteiger charge is -2.48. The predicted molar refractivity (Wildman–Crippen MR) is 168 cm³/mol. The van der Waals surface area contributed by atoms with Crippen LogP contribution in [0.1, 0.15) is 39.7 Å². The van der Waals surface area contributed by atoms with Crippen molar-refractivity contribution in [2.24, 2.45) is 0 Å². The Balaban J connectivity index is 2.66. The van der Waals surface area contributed by atoms with Gasteiger partial charge < -0.3 is 47.9 Å². The fourth-order valence-corrected chi connectivity index (χ4v) is 4.76. The second-order valence-corrected chi connectivity index (χ2v) is 13.0. The molecule has 50 heavy (non-hydrogen) atoms. The molecular weight excluding hydrogens is 737 g/mol. The van der Waals surface area contributed by atoms with Crippen LogP contribution in [0.2, 0.25) is 0 Å². The first kappa shape index (κ1) is 42.3. The van der Waals surface area contributed by atoms with Gasteiger partial charge in [-0.25, -0.2) is 14.4 Å². The maximum Gasteiger partial charge on any atom is 0.407 e. The highest BCUT2D eigenvalue weighted by atomic mass is 35.6. The molecule has 0 bridgehead atoms. The minimum Gasteiger partial charge on any atom is -0.465 e. The van der Waals surface area contributed by atoms with E-state index in [4.69, 9.17) is 77.4 Å². The third-order valence-electron chi connectivity index (χ3n) is 6.44. The van der Waals surface area contributed by atoms with Crippen molar-refractivity contribution in [2.75, 3.05) is 26.9 Å². The average Bonchev–Trinajstić information content (AvgIpc) is 3.02. The molecule has 1 aliphatic rings. The van der Waals surface area contributed by atoms with Gasteiger partial charge in [-0.15, -0.1) is 0 Å². The van der Waals surface area contributed by atoms with Gasteiger partial charge in [0.05, 0.1) is 19.6 Å². The first-order chi connectivity index (χ1) is 23.4. The molecule has 20 heteroatoms. The average molecular weight is 773 g/mol. The van der Waals surface area contributed by atoms with Crippen LogP contribution in [0, 0.1) is 0 Å². The number of amides is 1. The van der Waals surface area contributed by atoms with Gasteiger partial charge in [0.15, 0.2) is 12.2 Å². The monoisotopic (exact) mass is 771 g/mol. The van der Waals surface area contributed by atoms with E-state index >= 15 is 0 Å². The summed E-state index contributed by atoms with van der Waals surface area (Å²) in [6.07, 6.45) is -9.13. The maximum absolute atomic E-state index is 13.4. The summed E-state index contributed by atoms with van der Waals surface area (Å²) in [5, 5.41) is 2.34. The highest BCUT2D eigenvalue weighted by Gasteiger charge is 2.59. The number of methoxy groups -OCH3 is 1. The minimum atomic E-state index is -2.65. The number of rotatable bonds is 15. The molecule has 0 radical (unpaired) electrons. The standard InChI is InChI=1S/C30H36Cl3NO16/c1-16(35)43-13-22(48-18(3)37)25(49-19(4)38)26-24(34-28(41)45-15-30(31,32)33)21(47-17(2)36)11-29(50-26,27(40)42-5)46-14-23(39)44-12-20-9-7-6-8-10-20/h6-10,21-22,24-26H,11-15H2,1-5H3,(H,34,41)/t21-,22+,24+,25+,26+,29+/m0/s1. The van der Waals surface area contributed by atoms with Gasteiger partial charge in [-0.2, -0.15) is 0 Å². The first-order valence-electron chi connectivity index (χ1n) is 14.6. The lowest BCUT2D eigenvalue weighted by molar-refractivity contribution is -0.313. The van der Waals surface area contributed by atoms with Crippen molar-refractivity contribution in [3.63, 3.8) is 0 Å². The molecule has 2 rings (SSSR count). The molecule has 0 aliphatic carbocycles. The van der Waals surface area contributed by atoms with Crippen molar-refractivity contribution in [2.45, 2.75) is 80.8 Å². The molecule has 1 saturated heterocycles.